The highest BCUT2D eigenvalue weighted by molar-refractivity contribution is 6.51. The molecular formula is C30H29N3O6. The van der Waals surface area contributed by atoms with Gasteiger partial charge in [0.1, 0.15) is 11.5 Å². The summed E-state index contributed by atoms with van der Waals surface area (Å²) < 4.78 is 16.6. The van der Waals surface area contributed by atoms with Crippen LogP contribution in [0.2, 0.25) is 0 Å². The van der Waals surface area contributed by atoms with Crippen LogP contribution in [0, 0.1) is 13.8 Å². The number of aliphatic hydroxyl groups excluding tert-OH is 1. The van der Waals surface area contributed by atoms with Crippen molar-refractivity contribution in [1.29, 1.82) is 0 Å². The molecule has 0 spiro atoms. The first-order chi connectivity index (χ1) is 18.8. The third-order valence-electron chi connectivity index (χ3n) is 6.85. The number of H-pyrrole nitrogens is 1. The number of anilines is 1. The summed E-state index contributed by atoms with van der Waals surface area (Å²) in [6.45, 7) is 5.88. The van der Waals surface area contributed by atoms with E-state index in [2.05, 4.69) is 9.97 Å². The van der Waals surface area contributed by atoms with E-state index in [4.69, 9.17) is 14.2 Å². The second-order valence-corrected chi connectivity index (χ2v) is 9.23. The average Bonchev–Trinajstić information content (AvgIpc) is 3.47. The minimum Gasteiger partial charge on any atom is -0.507 e. The number of amides is 1. The summed E-state index contributed by atoms with van der Waals surface area (Å²) in [6, 6.07) is 15.0. The fraction of sp³-hybridized carbons (Fsp3) is 0.233. The summed E-state index contributed by atoms with van der Waals surface area (Å²) in [6.07, 6.45) is 0. The van der Waals surface area contributed by atoms with E-state index in [1.807, 2.05) is 45.0 Å². The molecule has 3 aromatic carbocycles. The van der Waals surface area contributed by atoms with E-state index in [1.165, 1.54) is 12.0 Å². The first-order valence-corrected chi connectivity index (χ1v) is 12.5. The summed E-state index contributed by atoms with van der Waals surface area (Å²) >= 11 is 0. The van der Waals surface area contributed by atoms with E-state index in [1.54, 1.807) is 37.4 Å². The van der Waals surface area contributed by atoms with Gasteiger partial charge in [0, 0.05) is 5.56 Å². The van der Waals surface area contributed by atoms with Crippen molar-refractivity contribution < 1.29 is 28.9 Å². The molecule has 1 aromatic heterocycles. The number of benzene rings is 3. The Labute approximate surface area is 225 Å². The van der Waals surface area contributed by atoms with Gasteiger partial charge in [-0.15, -0.1) is 0 Å². The number of hydrogen-bond donors (Lipinski definition) is 2. The van der Waals surface area contributed by atoms with E-state index in [0.29, 0.717) is 51.6 Å². The minimum absolute atomic E-state index is 0.0549. The quantitative estimate of drug-likeness (QED) is 0.192. The van der Waals surface area contributed by atoms with Gasteiger partial charge in [0.15, 0.2) is 11.5 Å². The number of Topliss-reactive ketones (excluding diaryl/α,β-unsaturated/α-hetero) is 1. The molecule has 4 aromatic rings. The first kappa shape index (κ1) is 25.8. The molecule has 0 saturated carbocycles. The first-order valence-electron chi connectivity index (χ1n) is 12.5. The molecule has 0 bridgehead atoms. The smallest absolute Gasteiger partial charge is 0.302 e. The fourth-order valence-corrected chi connectivity index (χ4v) is 4.96. The Morgan fingerprint density at radius 1 is 0.974 bits per heavy atom. The zero-order valence-electron chi connectivity index (χ0n) is 22.4. The van der Waals surface area contributed by atoms with E-state index in [9.17, 15) is 14.7 Å². The molecule has 0 aliphatic carbocycles. The monoisotopic (exact) mass is 527 g/mol. The molecule has 5 rings (SSSR count). The van der Waals surface area contributed by atoms with Crippen LogP contribution >= 0.6 is 0 Å². The maximum absolute atomic E-state index is 13.6. The molecule has 0 radical (unpaired) electrons. The highest BCUT2D eigenvalue weighted by Crippen LogP contribution is 2.44. The number of carbonyl (C=O) groups excluding carboxylic acids is 2. The van der Waals surface area contributed by atoms with Crippen molar-refractivity contribution in [1.82, 2.24) is 9.97 Å². The number of aliphatic hydroxyl groups is 1. The van der Waals surface area contributed by atoms with Gasteiger partial charge in [-0.2, -0.15) is 0 Å². The summed E-state index contributed by atoms with van der Waals surface area (Å²) in [4.78, 5) is 36.2. The van der Waals surface area contributed by atoms with Crippen molar-refractivity contribution >= 4 is 34.4 Å². The number of ketones is 1. The molecule has 1 amide bonds. The fourth-order valence-electron chi connectivity index (χ4n) is 4.96. The molecule has 1 aliphatic rings. The zero-order chi connectivity index (χ0) is 27.8. The lowest BCUT2D eigenvalue weighted by atomic mass is 9.93. The van der Waals surface area contributed by atoms with Crippen LogP contribution in [0.5, 0.6) is 17.2 Å². The van der Waals surface area contributed by atoms with E-state index >= 15 is 0 Å². The number of aromatic nitrogens is 2. The largest absolute Gasteiger partial charge is 0.507 e. The van der Waals surface area contributed by atoms with Crippen LogP contribution in [0.1, 0.15) is 35.2 Å². The molecule has 1 unspecified atom stereocenters. The van der Waals surface area contributed by atoms with Crippen molar-refractivity contribution in [3.8, 4) is 17.2 Å². The van der Waals surface area contributed by atoms with Crippen LogP contribution in [-0.2, 0) is 9.59 Å². The van der Waals surface area contributed by atoms with Crippen molar-refractivity contribution in [3.63, 3.8) is 0 Å². The Morgan fingerprint density at radius 2 is 1.72 bits per heavy atom. The van der Waals surface area contributed by atoms with Crippen LogP contribution in [0.3, 0.4) is 0 Å². The molecule has 2 heterocycles. The number of aromatic amines is 1. The number of imidazole rings is 1. The standard InChI is InChI=1S/C30H29N3O6/c1-6-39-24-15-18(11-12-22(24)37-4)26-25(27(34)19-13-17(3)23(38-5)14-16(19)2)28(35)29(36)33(26)30-31-20-9-7-8-10-21(20)32-30/h7-15,26,34H,6H2,1-5H3,(H,31,32)/b27-25+. The number of ether oxygens (including phenoxy) is 3. The average molecular weight is 528 g/mol. The maximum atomic E-state index is 13.6. The Morgan fingerprint density at radius 3 is 2.41 bits per heavy atom. The van der Waals surface area contributed by atoms with E-state index in [0.717, 1.165) is 5.56 Å². The molecule has 1 aliphatic heterocycles. The second kappa shape index (κ2) is 10.2. The lowest BCUT2D eigenvalue weighted by Crippen LogP contribution is -2.30. The topological polar surface area (TPSA) is 114 Å². The Hall–Kier alpha value is -4.79. The Balaban J connectivity index is 1.77. The van der Waals surface area contributed by atoms with Crippen LogP contribution in [-0.4, -0.2) is 47.6 Å². The highest BCUT2D eigenvalue weighted by Gasteiger charge is 2.48. The van der Waals surface area contributed by atoms with Crippen molar-refractivity contribution in [3.05, 3.63) is 82.4 Å². The highest BCUT2D eigenvalue weighted by atomic mass is 16.5. The molecule has 39 heavy (non-hydrogen) atoms. The van der Waals surface area contributed by atoms with Crippen molar-refractivity contribution in [2.45, 2.75) is 26.8 Å². The molecular weight excluding hydrogens is 498 g/mol. The third-order valence-corrected chi connectivity index (χ3v) is 6.85. The summed E-state index contributed by atoms with van der Waals surface area (Å²) in [5.74, 6) is -0.114. The predicted octanol–water partition coefficient (Wildman–Crippen LogP) is 5.22. The SMILES string of the molecule is CCOc1cc(C2/C(=C(\O)c3cc(C)c(OC)cc3C)C(=O)C(=O)N2c2nc3ccccc3[nH]2)ccc1OC. The lowest BCUT2D eigenvalue weighted by molar-refractivity contribution is -0.132. The number of carbonyl (C=O) groups is 2. The van der Waals surface area contributed by atoms with Crippen LogP contribution in [0.15, 0.2) is 60.2 Å². The normalized spacial score (nSPS) is 16.6. The van der Waals surface area contributed by atoms with Gasteiger partial charge in [0.25, 0.3) is 5.78 Å². The number of rotatable bonds is 7. The van der Waals surface area contributed by atoms with Gasteiger partial charge in [-0.1, -0.05) is 18.2 Å². The Kier molecular flexibility index (Phi) is 6.74. The number of hydrogen-bond acceptors (Lipinski definition) is 7. The summed E-state index contributed by atoms with van der Waals surface area (Å²) in [7, 11) is 3.10. The van der Waals surface area contributed by atoms with Crippen LogP contribution in [0.25, 0.3) is 16.8 Å². The van der Waals surface area contributed by atoms with Gasteiger partial charge in [0.05, 0.1) is 43.5 Å². The second-order valence-electron chi connectivity index (χ2n) is 9.23. The molecule has 1 fully saturated rings. The third kappa shape index (κ3) is 4.35. The van der Waals surface area contributed by atoms with Crippen molar-refractivity contribution in [2.24, 2.45) is 0 Å². The van der Waals surface area contributed by atoms with E-state index in [-0.39, 0.29) is 17.3 Å². The molecule has 2 N–H and O–H groups in total. The van der Waals surface area contributed by atoms with Crippen LogP contribution < -0.4 is 19.1 Å². The number of methoxy groups -OCH3 is 2. The van der Waals surface area contributed by atoms with Crippen LogP contribution in [0.4, 0.5) is 5.95 Å². The minimum atomic E-state index is -0.988. The van der Waals surface area contributed by atoms with Gasteiger partial charge >= 0.3 is 5.91 Å². The van der Waals surface area contributed by atoms with Crippen molar-refractivity contribution in [2.75, 3.05) is 25.7 Å². The predicted molar refractivity (Wildman–Crippen MR) is 148 cm³/mol. The van der Waals surface area contributed by atoms with Gasteiger partial charge in [0.2, 0.25) is 5.95 Å². The van der Waals surface area contributed by atoms with Gasteiger partial charge in [-0.3, -0.25) is 14.5 Å². The molecule has 200 valence electrons. The zero-order valence-corrected chi connectivity index (χ0v) is 22.4. The van der Waals surface area contributed by atoms with Gasteiger partial charge in [-0.05, 0) is 73.9 Å². The Bertz CT molecular complexity index is 1600. The molecule has 1 atom stereocenters. The number of fused-ring (bicyclic) bond motifs is 1. The molecule has 1 saturated heterocycles. The maximum Gasteiger partial charge on any atom is 0.302 e. The summed E-state index contributed by atoms with van der Waals surface area (Å²) in [5.41, 5.74) is 3.73. The number of para-hydroxylation sites is 2. The van der Waals surface area contributed by atoms with Gasteiger partial charge in [-0.25, -0.2) is 4.98 Å². The van der Waals surface area contributed by atoms with E-state index < -0.39 is 17.7 Å². The number of nitrogens with zero attached hydrogens (tertiary/aromatic N) is 2. The summed E-state index contributed by atoms with van der Waals surface area (Å²) in [5, 5.41) is 11.6. The number of aryl methyl sites for hydroxylation is 2. The number of nitrogens with one attached hydrogen (secondary N) is 1. The lowest BCUT2D eigenvalue weighted by Gasteiger charge is -2.24. The molecule has 9 heteroatoms. The van der Waals surface area contributed by atoms with Gasteiger partial charge < -0.3 is 24.3 Å². The molecule has 9 nitrogen and oxygen atoms in total.